The van der Waals surface area contributed by atoms with Crippen LogP contribution in [0.5, 0.6) is 0 Å². The largest absolute Gasteiger partial charge is 0.462 e. The van der Waals surface area contributed by atoms with Crippen LogP contribution in [0.25, 0.3) is 0 Å². The van der Waals surface area contributed by atoms with E-state index in [-0.39, 0.29) is 31.1 Å². The Morgan fingerprint density at radius 2 is 0.514 bits per heavy atom. The number of unbranched alkanes of at least 4 members (excludes halogenated alkanes) is 41. The molecule has 0 aromatic carbocycles. The van der Waals surface area contributed by atoms with Gasteiger partial charge in [0, 0.05) is 19.3 Å². The van der Waals surface area contributed by atoms with Crippen LogP contribution in [0.15, 0.2) is 36.5 Å². The summed E-state index contributed by atoms with van der Waals surface area (Å²) >= 11 is 0. The van der Waals surface area contributed by atoms with Crippen molar-refractivity contribution in [1.29, 1.82) is 0 Å². The molecular formula is C64H118O6. The first-order chi connectivity index (χ1) is 34.5. The van der Waals surface area contributed by atoms with Gasteiger partial charge in [-0.2, -0.15) is 0 Å². The minimum Gasteiger partial charge on any atom is -0.462 e. The van der Waals surface area contributed by atoms with E-state index in [9.17, 15) is 14.4 Å². The zero-order valence-corrected chi connectivity index (χ0v) is 47.1. The van der Waals surface area contributed by atoms with Gasteiger partial charge in [0.1, 0.15) is 13.2 Å². The normalized spacial score (nSPS) is 12.2. The molecule has 1 unspecified atom stereocenters. The summed E-state index contributed by atoms with van der Waals surface area (Å²) in [6.45, 7) is 6.67. The predicted molar refractivity (Wildman–Crippen MR) is 302 cm³/mol. The average Bonchev–Trinajstić information content (AvgIpc) is 3.36. The van der Waals surface area contributed by atoms with Crippen LogP contribution in [0.3, 0.4) is 0 Å². The van der Waals surface area contributed by atoms with Crippen LogP contribution < -0.4 is 0 Å². The van der Waals surface area contributed by atoms with Crippen LogP contribution in [0, 0.1) is 0 Å². The standard InChI is InChI=1S/C64H118O6/c1-4-7-10-13-16-19-22-25-28-30-32-34-36-39-42-45-48-51-54-57-63(66)69-60-61(59-68-62(65)56-53-50-47-44-41-38-35-27-24-21-18-15-12-9-6-3)70-64(67)58-55-52-49-46-43-40-37-33-31-29-26-23-20-17-14-11-8-5-2/h29-33,37,61H,4-28,34-36,38-60H2,1-3H3/b31-29-,32-30-,37-33-. The molecule has 0 aliphatic heterocycles. The van der Waals surface area contributed by atoms with Gasteiger partial charge >= 0.3 is 17.9 Å². The van der Waals surface area contributed by atoms with Crippen LogP contribution in [0.4, 0.5) is 0 Å². The predicted octanol–water partition coefficient (Wildman–Crippen LogP) is 20.8. The molecule has 0 saturated carbocycles. The number of rotatable bonds is 57. The van der Waals surface area contributed by atoms with Gasteiger partial charge in [-0.05, 0) is 70.6 Å². The molecule has 0 heterocycles. The van der Waals surface area contributed by atoms with Gasteiger partial charge in [0.15, 0.2) is 6.10 Å². The van der Waals surface area contributed by atoms with Crippen LogP contribution in [-0.4, -0.2) is 37.2 Å². The molecule has 0 radical (unpaired) electrons. The van der Waals surface area contributed by atoms with Gasteiger partial charge in [0.05, 0.1) is 0 Å². The fourth-order valence-electron chi connectivity index (χ4n) is 9.20. The highest BCUT2D eigenvalue weighted by Crippen LogP contribution is 2.17. The summed E-state index contributed by atoms with van der Waals surface area (Å²) in [4.78, 5) is 38.2. The molecule has 0 aliphatic carbocycles. The SMILES string of the molecule is CCCCCCCCC/C=C\C=C/CCCCCCCC(=O)OC(COC(=O)CCCCCCCCC/C=C\CCCCCCCCCC)COC(=O)CCCCCCCCCCCCCCCCC. The van der Waals surface area contributed by atoms with Crippen molar-refractivity contribution in [3.05, 3.63) is 36.5 Å². The summed E-state index contributed by atoms with van der Waals surface area (Å²) in [7, 11) is 0. The molecule has 0 fully saturated rings. The third-order valence-electron chi connectivity index (χ3n) is 13.9. The minimum absolute atomic E-state index is 0.0759. The summed E-state index contributed by atoms with van der Waals surface area (Å²) < 4.78 is 16.9. The molecule has 0 bridgehead atoms. The Balaban J connectivity index is 4.36. The summed E-state index contributed by atoms with van der Waals surface area (Å²) in [5.74, 6) is -0.874. The maximum absolute atomic E-state index is 12.9. The van der Waals surface area contributed by atoms with E-state index in [4.69, 9.17) is 14.2 Å². The molecule has 0 amide bonds. The van der Waals surface area contributed by atoms with E-state index < -0.39 is 6.10 Å². The van der Waals surface area contributed by atoms with Gasteiger partial charge in [-0.1, -0.05) is 282 Å². The van der Waals surface area contributed by atoms with E-state index in [1.165, 1.54) is 218 Å². The molecule has 0 rings (SSSR count). The highest BCUT2D eigenvalue weighted by atomic mass is 16.6. The number of hydrogen-bond donors (Lipinski definition) is 0. The summed E-state index contributed by atoms with van der Waals surface area (Å²) in [6.07, 6.45) is 71.4. The molecule has 410 valence electrons. The van der Waals surface area contributed by atoms with Crippen molar-refractivity contribution >= 4 is 17.9 Å². The fraction of sp³-hybridized carbons (Fsp3) is 0.859. The molecule has 6 nitrogen and oxygen atoms in total. The Morgan fingerprint density at radius 3 is 0.800 bits per heavy atom. The second-order valence-corrected chi connectivity index (χ2v) is 21.0. The number of allylic oxidation sites excluding steroid dienone is 6. The molecule has 1 atom stereocenters. The van der Waals surface area contributed by atoms with E-state index in [1.54, 1.807) is 0 Å². The van der Waals surface area contributed by atoms with Gasteiger partial charge in [-0.3, -0.25) is 14.4 Å². The number of esters is 3. The lowest BCUT2D eigenvalue weighted by Crippen LogP contribution is -2.30. The van der Waals surface area contributed by atoms with Crippen LogP contribution in [0.2, 0.25) is 0 Å². The van der Waals surface area contributed by atoms with Gasteiger partial charge in [-0.15, -0.1) is 0 Å². The highest BCUT2D eigenvalue weighted by molar-refractivity contribution is 5.71. The summed E-state index contributed by atoms with van der Waals surface area (Å²) in [6, 6.07) is 0. The van der Waals surface area contributed by atoms with Crippen molar-refractivity contribution in [2.24, 2.45) is 0 Å². The lowest BCUT2D eigenvalue weighted by molar-refractivity contribution is -0.167. The molecule has 0 spiro atoms. The molecule has 0 aliphatic rings. The van der Waals surface area contributed by atoms with E-state index in [1.807, 2.05) is 0 Å². The maximum atomic E-state index is 12.9. The molecule has 70 heavy (non-hydrogen) atoms. The summed E-state index contributed by atoms with van der Waals surface area (Å²) in [5.41, 5.74) is 0. The monoisotopic (exact) mass is 983 g/mol. The third kappa shape index (κ3) is 56.5. The van der Waals surface area contributed by atoms with Crippen LogP contribution in [0.1, 0.15) is 335 Å². The lowest BCUT2D eigenvalue weighted by Gasteiger charge is -2.18. The van der Waals surface area contributed by atoms with Gasteiger partial charge in [0.25, 0.3) is 0 Å². The van der Waals surface area contributed by atoms with Gasteiger partial charge in [0.2, 0.25) is 0 Å². The van der Waals surface area contributed by atoms with Crippen molar-refractivity contribution in [1.82, 2.24) is 0 Å². The van der Waals surface area contributed by atoms with E-state index in [0.717, 1.165) is 77.0 Å². The minimum atomic E-state index is -0.780. The second-order valence-electron chi connectivity index (χ2n) is 21.0. The highest BCUT2D eigenvalue weighted by Gasteiger charge is 2.19. The zero-order chi connectivity index (χ0) is 50.7. The fourth-order valence-corrected chi connectivity index (χ4v) is 9.20. The van der Waals surface area contributed by atoms with E-state index in [2.05, 4.69) is 57.2 Å². The molecular weight excluding hydrogens is 865 g/mol. The molecule has 0 N–H and O–H groups in total. The third-order valence-corrected chi connectivity index (χ3v) is 13.9. The zero-order valence-electron chi connectivity index (χ0n) is 47.1. The Bertz CT molecular complexity index is 1170. The maximum Gasteiger partial charge on any atom is 0.306 e. The summed E-state index contributed by atoms with van der Waals surface area (Å²) in [5, 5.41) is 0. The quantitative estimate of drug-likeness (QED) is 0.0199. The Morgan fingerprint density at radius 1 is 0.286 bits per heavy atom. The van der Waals surface area contributed by atoms with Gasteiger partial charge in [-0.25, -0.2) is 0 Å². The first-order valence-electron chi connectivity index (χ1n) is 31.0. The Kier molecular flexibility index (Phi) is 57.2. The number of hydrogen-bond acceptors (Lipinski definition) is 6. The number of carbonyl (C=O) groups excluding carboxylic acids is 3. The Hall–Kier alpha value is -2.37. The van der Waals surface area contributed by atoms with Crippen LogP contribution >= 0.6 is 0 Å². The van der Waals surface area contributed by atoms with Gasteiger partial charge < -0.3 is 14.2 Å². The van der Waals surface area contributed by atoms with Crippen molar-refractivity contribution in [2.45, 2.75) is 341 Å². The topological polar surface area (TPSA) is 78.9 Å². The molecule has 0 saturated heterocycles. The average molecular weight is 984 g/mol. The first kappa shape index (κ1) is 67.6. The number of ether oxygens (including phenoxy) is 3. The van der Waals surface area contributed by atoms with E-state index in [0.29, 0.717) is 19.3 Å². The molecule has 6 heteroatoms. The number of carbonyl (C=O) groups is 3. The van der Waals surface area contributed by atoms with Crippen molar-refractivity contribution in [2.75, 3.05) is 13.2 Å². The molecule has 0 aromatic heterocycles. The second kappa shape index (κ2) is 59.2. The van der Waals surface area contributed by atoms with Crippen molar-refractivity contribution in [3.63, 3.8) is 0 Å². The van der Waals surface area contributed by atoms with Crippen molar-refractivity contribution < 1.29 is 28.6 Å². The van der Waals surface area contributed by atoms with Crippen molar-refractivity contribution in [3.8, 4) is 0 Å². The first-order valence-corrected chi connectivity index (χ1v) is 31.0. The van der Waals surface area contributed by atoms with E-state index >= 15 is 0 Å². The smallest absolute Gasteiger partial charge is 0.306 e. The Labute approximate surface area is 435 Å². The molecule has 0 aromatic rings. The lowest BCUT2D eigenvalue weighted by atomic mass is 10.0. The van der Waals surface area contributed by atoms with Crippen LogP contribution in [-0.2, 0) is 28.6 Å².